The summed E-state index contributed by atoms with van der Waals surface area (Å²) in [7, 11) is 0. The second-order valence-electron chi connectivity index (χ2n) is 4.50. The van der Waals surface area contributed by atoms with E-state index in [-0.39, 0.29) is 17.1 Å². The maximum absolute atomic E-state index is 12.0. The Hall–Kier alpha value is -0.800. The molecule has 0 aromatic heterocycles. The zero-order valence-electron chi connectivity index (χ0n) is 10.9. The lowest BCUT2D eigenvalue weighted by Gasteiger charge is -2.13. The maximum Gasteiger partial charge on any atom is 0.172 e. The largest absolute Gasteiger partial charge is 0.392 e. The van der Waals surface area contributed by atoms with E-state index in [2.05, 4.69) is 0 Å². The minimum atomic E-state index is -0.382. The van der Waals surface area contributed by atoms with Gasteiger partial charge in [0.2, 0.25) is 0 Å². The average molecular weight is 252 g/mol. The number of carbonyl (C=O) groups is 1. The van der Waals surface area contributed by atoms with Gasteiger partial charge in [-0.15, -0.1) is 11.8 Å². The van der Waals surface area contributed by atoms with Gasteiger partial charge in [-0.2, -0.15) is 0 Å². The summed E-state index contributed by atoms with van der Waals surface area (Å²) in [4.78, 5) is 12.0. The van der Waals surface area contributed by atoms with E-state index in [4.69, 9.17) is 0 Å². The fourth-order valence-corrected chi connectivity index (χ4v) is 2.40. The number of hydrogen-bond acceptors (Lipinski definition) is 3. The molecular formula is C14H20O2S. The quantitative estimate of drug-likeness (QED) is 0.819. The first kappa shape index (κ1) is 14.3. The number of benzene rings is 1. The molecule has 0 saturated heterocycles. The van der Waals surface area contributed by atoms with E-state index in [1.807, 2.05) is 39.0 Å². The zero-order chi connectivity index (χ0) is 13.0. The van der Waals surface area contributed by atoms with Crippen LogP contribution in [0.3, 0.4) is 0 Å². The van der Waals surface area contributed by atoms with Crippen molar-refractivity contribution in [1.82, 2.24) is 0 Å². The first-order chi connectivity index (χ1) is 7.91. The molecule has 1 rings (SSSR count). The molecule has 0 saturated carbocycles. The van der Waals surface area contributed by atoms with Gasteiger partial charge in [0.1, 0.15) is 0 Å². The summed E-state index contributed by atoms with van der Waals surface area (Å²) in [5.74, 6) is 0.565. The second-order valence-corrected chi connectivity index (χ2v) is 5.86. The van der Waals surface area contributed by atoms with Crippen LogP contribution in [-0.2, 0) is 0 Å². The molecule has 0 aliphatic carbocycles. The Morgan fingerprint density at radius 3 is 2.53 bits per heavy atom. The van der Waals surface area contributed by atoms with E-state index in [1.165, 1.54) is 17.3 Å². The minimum Gasteiger partial charge on any atom is -0.392 e. The van der Waals surface area contributed by atoms with Crippen LogP contribution in [0.1, 0.15) is 35.3 Å². The average Bonchev–Trinajstić information content (AvgIpc) is 2.25. The van der Waals surface area contributed by atoms with E-state index in [0.29, 0.717) is 5.75 Å². The van der Waals surface area contributed by atoms with Crippen LogP contribution in [-0.4, -0.2) is 28.0 Å². The van der Waals surface area contributed by atoms with E-state index in [9.17, 15) is 9.90 Å². The number of ketones is 1. The van der Waals surface area contributed by atoms with Crippen LogP contribution in [0.4, 0.5) is 0 Å². The summed E-state index contributed by atoms with van der Waals surface area (Å²) in [6.07, 6.45) is -0.382. The lowest BCUT2D eigenvalue weighted by Crippen LogP contribution is -2.18. The van der Waals surface area contributed by atoms with Crippen LogP contribution >= 0.6 is 11.8 Å². The van der Waals surface area contributed by atoms with Crippen LogP contribution in [0.25, 0.3) is 0 Å². The molecule has 1 aromatic rings. The standard InChI is InChI=1S/C14H20O2S/c1-9-5-6-13(10(2)7-9)14(16)8-17-12(4)11(3)15/h5-7,11-12,15H,8H2,1-4H3. The topological polar surface area (TPSA) is 37.3 Å². The molecular weight excluding hydrogens is 232 g/mol. The van der Waals surface area contributed by atoms with Gasteiger partial charge in [-0.3, -0.25) is 4.79 Å². The first-order valence-corrected chi connectivity index (χ1v) is 6.87. The summed E-state index contributed by atoms with van der Waals surface area (Å²) in [6, 6.07) is 5.87. The summed E-state index contributed by atoms with van der Waals surface area (Å²) in [5.41, 5.74) is 2.99. The molecule has 0 fully saturated rings. The van der Waals surface area contributed by atoms with Gasteiger partial charge in [0, 0.05) is 10.8 Å². The second kappa shape index (κ2) is 6.22. The number of aliphatic hydroxyl groups excluding tert-OH is 1. The van der Waals surface area contributed by atoms with Crippen LogP contribution < -0.4 is 0 Å². The molecule has 0 aliphatic heterocycles. The lowest BCUT2D eigenvalue weighted by molar-refractivity contribution is 0.102. The molecule has 0 aliphatic rings. The third kappa shape index (κ3) is 4.17. The Labute approximate surface area is 107 Å². The van der Waals surface area contributed by atoms with Crippen molar-refractivity contribution >= 4 is 17.5 Å². The number of aryl methyl sites for hydroxylation is 2. The SMILES string of the molecule is Cc1ccc(C(=O)CSC(C)C(C)O)c(C)c1. The van der Waals surface area contributed by atoms with Crippen molar-refractivity contribution in [3.8, 4) is 0 Å². The highest BCUT2D eigenvalue weighted by atomic mass is 32.2. The predicted octanol–water partition coefficient (Wildman–Crippen LogP) is 2.99. The summed E-state index contributed by atoms with van der Waals surface area (Å²) in [6.45, 7) is 7.67. The van der Waals surface area contributed by atoms with Gasteiger partial charge < -0.3 is 5.11 Å². The van der Waals surface area contributed by atoms with E-state index >= 15 is 0 Å². The fourth-order valence-electron chi connectivity index (χ4n) is 1.55. The molecule has 0 amide bonds. The van der Waals surface area contributed by atoms with Gasteiger partial charge in [-0.1, -0.05) is 30.7 Å². The first-order valence-electron chi connectivity index (χ1n) is 5.82. The molecule has 2 atom stereocenters. The monoisotopic (exact) mass is 252 g/mol. The number of hydrogen-bond donors (Lipinski definition) is 1. The van der Waals surface area contributed by atoms with E-state index in [0.717, 1.165) is 11.1 Å². The van der Waals surface area contributed by atoms with Crippen LogP contribution in [0, 0.1) is 13.8 Å². The van der Waals surface area contributed by atoms with Crippen molar-refractivity contribution in [3.63, 3.8) is 0 Å². The third-order valence-electron chi connectivity index (χ3n) is 2.84. The van der Waals surface area contributed by atoms with Gasteiger partial charge in [-0.25, -0.2) is 0 Å². The van der Waals surface area contributed by atoms with Crippen LogP contribution in [0.15, 0.2) is 18.2 Å². The molecule has 0 bridgehead atoms. The van der Waals surface area contributed by atoms with E-state index in [1.54, 1.807) is 6.92 Å². The van der Waals surface area contributed by atoms with Crippen molar-refractivity contribution in [1.29, 1.82) is 0 Å². The Balaban J connectivity index is 2.64. The van der Waals surface area contributed by atoms with Crippen LogP contribution in [0.2, 0.25) is 0 Å². The normalized spacial score (nSPS) is 14.4. The summed E-state index contributed by atoms with van der Waals surface area (Å²) in [5, 5.41) is 9.45. The van der Waals surface area contributed by atoms with Gasteiger partial charge in [0.15, 0.2) is 5.78 Å². The van der Waals surface area contributed by atoms with Crippen molar-refractivity contribution in [2.75, 3.05) is 5.75 Å². The number of carbonyl (C=O) groups excluding carboxylic acids is 1. The number of rotatable bonds is 5. The molecule has 2 unspecified atom stereocenters. The molecule has 17 heavy (non-hydrogen) atoms. The summed E-state index contributed by atoms with van der Waals surface area (Å²) >= 11 is 1.50. The van der Waals surface area contributed by atoms with Gasteiger partial charge in [0.25, 0.3) is 0 Å². The molecule has 0 radical (unpaired) electrons. The van der Waals surface area contributed by atoms with Crippen molar-refractivity contribution in [2.45, 2.75) is 39.0 Å². The predicted molar refractivity (Wildman–Crippen MR) is 73.8 cm³/mol. The zero-order valence-corrected chi connectivity index (χ0v) is 11.7. The van der Waals surface area contributed by atoms with Gasteiger partial charge >= 0.3 is 0 Å². The molecule has 3 heteroatoms. The maximum atomic E-state index is 12.0. The highest BCUT2D eigenvalue weighted by Gasteiger charge is 2.14. The molecule has 2 nitrogen and oxygen atoms in total. The van der Waals surface area contributed by atoms with E-state index < -0.39 is 0 Å². The van der Waals surface area contributed by atoms with Crippen molar-refractivity contribution in [3.05, 3.63) is 34.9 Å². The third-order valence-corrected chi connectivity index (χ3v) is 4.19. The molecule has 94 valence electrons. The molecule has 1 N–H and O–H groups in total. The smallest absolute Gasteiger partial charge is 0.172 e. The van der Waals surface area contributed by atoms with Gasteiger partial charge in [0.05, 0.1) is 11.9 Å². The Kier molecular flexibility index (Phi) is 5.22. The number of aliphatic hydroxyl groups is 1. The minimum absolute atomic E-state index is 0.0877. The van der Waals surface area contributed by atoms with Gasteiger partial charge in [-0.05, 0) is 26.3 Å². The summed E-state index contributed by atoms with van der Waals surface area (Å²) < 4.78 is 0. The van der Waals surface area contributed by atoms with Crippen LogP contribution in [0.5, 0.6) is 0 Å². The number of thioether (sulfide) groups is 1. The van der Waals surface area contributed by atoms with Crippen molar-refractivity contribution < 1.29 is 9.90 Å². The fraction of sp³-hybridized carbons (Fsp3) is 0.500. The molecule has 0 heterocycles. The Morgan fingerprint density at radius 2 is 2.00 bits per heavy atom. The molecule has 1 aromatic carbocycles. The Bertz CT molecular complexity index is 399. The Morgan fingerprint density at radius 1 is 1.35 bits per heavy atom. The highest BCUT2D eigenvalue weighted by Crippen LogP contribution is 2.18. The molecule has 0 spiro atoms. The lowest BCUT2D eigenvalue weighted by atomic mass is 10.0. The highest BCUT2D eigenvalue weighted by molar-refractivity contribution is 8.00. The number of Topliss-reactive ketones (excluding diaryl/α,β-unsaturated/α-hetero) is 1. The van der Waals surface area contributed by atoms with Crippen molar-refractivity contribution in [2.24, 2.45) is 0 Å².